The third kappa shape index (κ3) is 3.85. The summed E-state index contributed by atoms with van der Waals surface area (Å²) in [5.74, 6) is 0.975. The van der Waals surface area contributed by atoms with Crippen LogP contribution in [0.4, 0.5) is 0 Å². The van der Waals surface area contributed by atoms with Gasteiger partial charge in [0.2, 0.25) is 0 Å². The van der Waals surface area contributed by atoms with E-state index in [0.29, 0.717) is 26.1 Å². The van der Waals surface area contributed by atoms with E-state index in [1.807, 2.05) is 42.5 Å². The summed E-state index contributed by atoms with van der Waals surface area (Å²) in [6.07, 6.45) is 1.60. The van der Waals surface area contributed by atoms with Crippen LogP contribution in [0.25, 0.3) is 11.0 Å². The highest BCUT2D eigenvalue weighted by Crippen LogP contribution is 2.28. The molecule has 0 bridgehead atoms. The van der Waals surface area contributed by atoms with Gasteiger partial charge in [0.15, 0.2) is 15.1 Å². The summed E-state index contributed by atoms with van der Waals surface area (Å²) in [7, 11) is 3.14. The molecule has 4 aromatic rings. The monoisotopic (exact) mass is 514 g/mol. The van der Waals surface area contributed by atoms with Gasteiger partial charge >= 0.3 is 26.8 Å². The van der Waals surface area contributed by atoms with Gasteiger partial charge in [-0.2, -0.15) is 0 Å². The number of rotatable bonds is 6. The number of halogens is 1. The van der Waals surface area contributed by atoms with Crippen molar-refractivity contribution in [1.29, 1.82) is 0 Å². The summed E-state index contributed by atoms with van der Waals surface area (Å²) in [6.45, 7) is 0.276. The molecule has 0 atom stereocenters. The molecule has 0 aliphatic heterocycles. The van der Waals surface area contributed by atoms with E-state index < -0.39 is 21.2 Å². The minimum absolute atomic E-state index is 0.219. The van der Waals surface area contributed by atoms with Gasteiger partial charge in [0.1, 0.15) is 5.65 Å². The van der Waals surface area contributed by atoms with Crippen molar-refractivity contribution in [3.05, 3.63) is 89.9 Å². The first kappa shape index (κ1) is 20.2. The lowest BCUT2D eigenvalue weighted by atomic mass is 10.2. The highest BCUT2D eigenvalue weighted by molar-refractivity contribution is 5.81. The zero-order valence-electron chi connectivity index (χ0n) is 16.5. The molecule has 2 aromatic heterocycles. The second kappa shape index (κ2) is 8.74. The maximum atomic E-state index is 13.4. The van der Waals surface area contributed by atoms with E-state index in [0.717, 1.165) is 9.13 Å². The first-order valence-corrected chi connectivity index (χ1v) is 11.4. The van der Waals surface area contributed by atoms with Crippen molar-refractivity contribution in [2.75, 3.05) is 14.2 Å². The summed E-state index contributed by atoms with van der Waals surface area (Å²) in [5.41, 5.74) is 0.963. The number of hydrogen-bond donors (Lipinski definition) is 0. The van der Waals surface area contributed by atoms with E-state index in [-0.39, 0.29) is 17.9 Å². The summed E-state index contributed by atoms with van der Waals surface area (Å²) < 4.78 is 13.6. The molecule has 2 aromatic carbocycles. The molecule has 7 heteroatoms. The van der Waals surface area contributed by atoms with Crippen molar-refractivity contribution in [1.82, 2.24) is 9.55 Å². The van der Waals surface area contributed by atoms with Gasteiger partial charge < -0.3 is 14.6 Å². The third-order valence-corrected chi connectivity index (χ3v) is 7.48. The lowest BCUT2D eigenvalue weighted by Gasteiger charge is -2.16. The molecule has 152 valence electrons. The Morgan fingerprint density at radius 3 is 2.50 bits per heavy atom. The van der Waals surface area contributed by atoms with E-state index in [9.17, 15) is 9.90 Å². The van der Waals surface area contributed by atoms with Crippen LogP contribution in [0.5, 0.6) is 17.2 Å². The Kier molecular flexibility index (Phi) is 5.89. The van der Waals surface area contributed by atoms with Crippen LogP contribution in [0.3, 0.4) is 0 Å². The zero-order valence-corrected chi connectivity index (χ0v) is 18.6. The first-order chi connectivity index (χ1) is 14.6. The SMILES string of the molecule is COc1ccc(Cn2c(=O)c([I+]c3ccccc3)c([O-])c3cccnc32)cc1OC. The molecule has 0 spiro atoms. The third-order valence-electron chi connectivity index (χ3n) is 4.64. The zero-order chi connectivity index (χ0) is 21.1. The van der Waals surface area contributed by atoms with Crippen molar-refractivity contribution in [3.8, 4) is 17.2 Å². The Morgan fingerprint density at radius 1 is 1.00 bits per heavy atom. The predicted octanol–water partition coefficient (Wildman–Crippen LogP) is -0.336. The van der Waals surface area contributed by atoms with Crippen LogP contribution in [0, 0.1) is 7.14 Å². The molecule has 0 amide bonds. The fourth-order valence-corrected chi connectivity index (χ4v) is 5.65. The molecule has 0 fully saturated rings. The number of aromatic nitrogens is 2. The molecule has 0 saturated carbocycles. The first-order valence-electron chi connectivity index (χ1n) is 9.21. The number of benzene rings is 2. The molecule has 0 aliphatic rings. The Labute approximate surface area is 184 Å². The fraction of sp³-hybridized carbons (Fsp3) is 0.130. The topological polar surface area (TPSA) is 76.4 Å². The van der Waals surface area contributed by atoms with E-state index >= 15 is 0 Å². The molecule has 0 aliphatic carbocycles. The standard InChI is InChI=1S/C23H19IN2O4/c1-29-18-11-10-15(13-19(18)30-2)14-26-22-17(9-6-12-25-22)21(27)20(23(26)28)24-16-7-4-3-5-8-16/h3-13H,14H2,1-2H3. The van der Waals surface area contributed by atoms with E-state index in [4.69, 9.17) is 9.47 Å². The molecule has 0 saturated heterocycles. The Morgan fingerprint density at radius 2 is 1.77 bits per heavy atom. The number of methoxy groups -OCH3 is 2. The maximum Gasteiger partial charge on any atom is 0.363 e. The van der Waals surface area contributed by atoms with E-state index in [2.05, 4.69) is 4.98 Å². The van der Waals surface area contributed by atoms with Gasteiger partial charge in [-0.25, -0.2) is 4.98 Å². The van der Waals surface area contributed by atoms with Gasteiger partial charge in [-0.1, -0.05) is 30.3 Å². The van der Waals surface area contributed by atoms with Crippen molar-refractivity contribution in [2.45, 2.75) is 6.54 Å². The normalized spacial score (nSPS) is 10.9. The highest BCUT2D eigenvalue weighted by Gasteiger charge is 2.25. The molecular formula is C23H19IN2O4. The summed E-state index contributed by atoms with van der Waals surface area (Å²) in [6, 6.07) is 18.6. The van der Waals surface area contributed by atoms with Crippen LogP contribution in [-0.2, 0) is 6.54 Å². The molecular weight excluding hydrogens is 495 g/mol. The van der Waals surface area contributed by atoms with E-state index in [1.165, 1.54) is 0 Å². The van der Waals surface area contributed by atoms with Crippen molar-refractivity contribution in [3.63, 3.8) is 0 Å². The molecule has 4 rings (SSSR count). The second-order valence-electron chi connectivity index (χ2n) is 6.49. The van der Waals surface area contributed by atoms with Gasteiger partial charge in [-0.15, -0.1) is 0 Å². The molecule has 0 unspecified atom stereocenters. The minimum Gasteiger partial charge on any atom is -0.869 e. The predicted molar refractivity (Wildman–Crippen MR) is 108 cm³/mol. The molecule has 0 N–H and O–H groups in total. The quantitative estimate of drug-likeness (QED) is 0.330. The summed E-state index contributed by atoms with van der Waals surface area (Å²) >= 11 is -0.919. The van der Waals surface area contributed by atoms with Gasteiger partial charge in [-0.3, -0.25) is 9.36 Å². The smallest absolute Gasteiger partial charge is 0.363 e. The van der Waals surface area contributed by atoms with Crippen molar-refractivity contribution >= 4 is 11.0 Å². The number of nitrogens with zero attached hydrogens (tertiary/aromatic N) is 2. The van der Waals surface area contributed by atoms with Crippen LogP contribution in [0.2, 0.25) is 0 Å². The van der Waals surface area contributed by atoms with Crippen LogP contribution < -0.4 is 41.3 Å². The van der Waals surface area contributed by atoms with E-state index in [1.54, 1.807) is 43.2 Å². The lowest BCUT2D eigenvalue weighted by Crippen LogP contribution is -3.62. The molecule has 2 heterocycles. The van der Waals surface area contributed by atoms with Crippen LogP contribution >= 0.6 is 0 Å². The number of fused-ring (bicyclic) bond motifs is 1. The molecule has 6 nitrogen and oxygen atoms in total. The van der Waals surface area contributed by atoms with Crippen molar-refractivity contribution in [2.24, 2.45) is 0 Å². The number of hydrogen-bond acceptors (Lipinski definition) is 5. The number of pyridine rings is 2. The average molecular weight is 514 g/mol. The van der Waals surface area contributed by atoms with Gasteiger partial charge in [0, 0.05) is 11.6 Å². The Bertz CT molecular complexity index is 1260. The Hall–Kier alpha value is -3.07. The van der Waals surface area contributed by atoms with Crippen LogP contribution in [0.1, 0.15) is 5.56 Å². The van der Waals surface area contributed by atoms with Crippen LogP contribution in [0.15, 0.2) is 71.7 Å². The second-order valence-corrected chi connectivity index (χ2v) is 9.35. The molecule has 0 radical (unpaired) electrons. The fourth-order valence-electron chi connectivity index (χ4n) is 3.20. The largest absolute Gasteiger partial charge is 0.869 e. The molecule has 30 heavy (non-hydrogen) atoms. The van der Waals surface area contributed by atoms with Crippen molar-refractivity contribution < 1.29 is 35.8 Å². The Balaban J connectivity index is 1.86. The van der Waals surface area contributed by atoms with Crippen LogP contribution in [-0.4, -0.2) is 23.8 Å². The maximum absolute atomic E-state index is 13.4. The van der Waals surface area contributed by atoms with Gasteiger partial charge in [0.25, 0.3) is 3.57 Å². The lowest BCUT2D eigenvalue weighted by molar-refractivity contribution is -0.605. The summed E-state index contributed by atoms with van der Waals surface area (Å²) in [5, 5.41) is 13.5. The van der Waals surface area contributed by atoms with Gasteiger partial charge in [-0.05, 0) is 41.6 Å². The number of ether oxygens (including phenoxy) is 2. The minimum atomic E-state index is -0.919. The highest BCUT2D eigenvalue weighted by atomic mass is 127. The average Bonchev–Trinajstić information content (AvgIpc) is 2.80. The van der Waals surface area contributed by atoms with Gasteiger partial charge in [0.05, 0.1) is 20.8 Å². The summed E-state index contributed by atoms with van der Waals surface area (Å²) in [4.78, 5) is 17.7.